The van der Waals surface area contributed by atoms with Crippen LogP contribution >= 0.6 is 0 Å². The molecule has 2 fully saturated rings. The van der Waals surface area contributed by atoms with Crippen LogP contribution in [0.1, 0.15) is 22.3 Å². The van der Waals surface area contributed by atoms with Crippen molar-refractivity contribution >= 4 is 40.6 Å². The van der Waals surface area contributed by atoms with Crippen LogP contribution in [0.15, 0.2) is 12.1 Å². The minimum Gasteiger partial charge on any atom is -0.505 e. The molecule has 13 nitrogen and oxygen atoms in total. The number of carbonyl (C=O) groups excluding carboxylic acids is 6. The fourth-order valence-corrected chi connectivity index (χ4v) is 5.95. The number of anilines is 1. The summed E-state index contributed by atoms with van der Waals surface area (Å²) in [4.78, 5) is 78.6. The first kappa shape index (κ1) is 25.6. The highest BCUT2D eigenvalue weighted by Gasteiger charge is 2.69. The summed E-state index contributed by atoms with van der Waals surface area (Å²) in [6.07, 6.45) is 0.0666. The number of amides is 2. The maximum Gasteiger partial charge on any atom is 0.240 e. The first-order chi connectivity index (χ1) is 16.9. The number of hydrogen-bond donors (Lipinski definition) is 6. The lowest BCUT2D eigenvalue weighted by Crippen LogP contribution is -2.74. The first-order valence-corrected chi connectivity index (χ1v) is 11.2. The molecule has 1 aromatic carbocycles. The number of fused-ring (bicyclic) bond motifs is 3. The van der Waals surface area contributed by atoms with Gasteiger partial charge < -0.3 is 26.5 Å². The third kappa shape index (κ3) is 3.54. The topological polar surface area (TPSA) is 216 Å². The molecule has 6 atom stereocenters. The van der Waals surface area contributed by atoms with E-state index in [1.54, 1.807) is 5.48 Å². The number of phenolic OH excluding ortho intramolecular Hbond substituents is 1. The van der Waals surface area contributed by atoms with Crippen molar-refractivity contribution in [3.63, 3.8) is 0 Å². The number of benzene rings is 1. The summed E-state index contributed by atoms with van der Waals surface area (Å²) in [6.45, 7) is -0.489. The molecule has 3 aliphatic carbocycles. The van der Waals surface area contributed by atoms with Gasteiger partial charge in [0.15, 0.2) is 34.7 Å². The predicted octanol–water partition coefficient (Wildman–Crippen LogP) is -2.22. The molecule has 13 heteroatoms. The average Bonchev–Trinajstić information content (AvgIpc) is 2.78. The Morgan fingerprint density at radius 1 is 1.17 bits per heavy atom. The summed E-state index contributed by atoms with van der Waals surface area (Å²) in [7, 11) is 3.02. The van der Waals surface area contributed by atoms with Crippen LogP contribution in [0, 0.1) is 23.7 Å². The Morgan fingerprint density at radius 2 is 1.83 bits per heavy atom. The van der Waals surface area contributed by atoms with Crippen LogP contribution in [0.3, 0.4) is 0 Å². The van der Waals surface area contributed by atoms with Crippen LogP contribution in [0.25, 0.3) is 0 Å². The monoisotopic (exact) mass is 502 g/mol. The zero-order valence-corrected chi connectivity index (χ0v) is 19.5. The van der Waals surface area contributed by atoms with E-state index in [0.717, 1.165) is 0 Å². The highest BCUT2D eigenvalue weighted by Crippen LogP contribution is 2.51. The van der Waals surface area contributed by atoms with Gasteiger partial charge in [0.2, 0.25) is 11.8 Å². The highest BCUT2D eigenvalue weighted by atomic mass is 16.5. The molecule has 0 heterocycles. The van der Waals surface area contributed by atoms with Crippen molar-refractivity contribution in [1.82, 2.24) is 10.4 Å². The standard InChI is InChI=1S/C23H26N4O9/c1-27(2)16-10-6-9-5-8-3-4-11(26-12(28)7-25-36)17(29)13(8)18(30)14(9)20(32)23(10,35)21(33)15(19(16)31)22(24)34/h3-4,9-10,14-16,25,29,35-36H,5-7H2,1-2H3,(H2,24,34)(H,26,28)/t9?,10?,14?,15?,16-,23-/m0/s1. The van der Waals surface area contributed by atoms with Crippen molar-refractivity contribution in [2.45, 2.75) is 24.5 Å². The smallest absolute Gasteiger partial charge is 0.240 e. The van der Waals surface area contributed by atoms with E-state index >= 15 is 0 Å². The lowest BCUT2D eigenvalue weighted by molar-refractivity contribution is -0.181. The summed E-state index contributed by atoms with van der Waals surface area (Å²) in [5.41, 5.74) is 4.15. The lowest BCUT2D eigenvalue weighted by atomic mass is 9.52. The van der Waals surface area contributed by atoms with Crippen molar-refractivity contribution < 1.29 is 44.2 Å². The number of nitrogens with one attached hydrogen (secondary N) is 2. The SMILES string of the molecule is CN(C)[C@@H]1C(=O)C(C(N)=O)C(=O)[C@@]2(O)C(=O)C3C(=O)c4c(ccc(NC(=O)CNO)c4O)CC3CC12. The Kier molecular flexibility index (Phi) is 6.29. The molecule has 0 aliphatic heterocycles. The number of hydrogen-bond acceptors (Lipinski definition) is 11. The third-order valence-corrected chi connectivity index (χ3v) is 7.45. The molecule has 3 aliphatic rings. The second-order valence-electron chi connectivity index (χ2n) is 9.67. The number of primary amides is 1. The van der Waals surface area contributed by atoms with E-state index in [1.165, 1.54) is 31.1 Å². The summed E-state index contributed by atoms with van der Waals surface area (Å²) >= 11 is 0. The molecule has 192 valence electrons. The van der Waals surface area contributed by atoms with Gasteiger partial charge in [-0.1, -0.05) is 6.07 Å². The Morgan fingerprint density at radius 3 is 2.42 bits per heavy atom. The van der Waals surface area contributed by atoms with Crippen LogP contribution in [-0.4, -0.2) is 87.6 Å². The normalized spacial score (nSPS) is 31.5. The van der Waals surface area contributed by atoms with Crippen LogP contribution in [-0.2, 0) is 30.4 Å². The minimum atomic E-state index is -2.80. The van der Waals surface area contributed by atoms with Gasteiger partial charge in [0, 0.05) is 5.92 Å². The van der Waals surface area contributed by atoms with Gasteiger partial charge in [0.25, 0.3) is 0 Å². The molecule has 1 aromatic rings. The molecular formula is C23H26N4O9. The number of ketones is 4. The van der Waals surface area contributed by atoms with Gasteiger partial charge in [0.1, 0.15) is 12.3 Å². The maximum absolute atomic E-state index is 13.7. The Balaban J connectivity index is 1.79. The molecule has 4 rings (SSSR count). The Hall–Kier alpha value is -3.52. The largest absolute Gasteiger partial charge is 0.505 e. The number of nitrogens with zero attached hydrogens (tertiary/aromatic N) is 1. The fourth-order valence-electron chi connectivity index (χ4n) is 5.95. The number of rotatable bonds is 5. The maximum atomic E-state index is 13.7. The summed E-state index contributed by atoms with van der Waals surface area (Å²) < 4.78 is 0. The van der Waals surface area contributed by atoms with E-state index in [9.17, 15) is 39.0 Å². The highest BCUT2D eigenvalue weighted by molar-refractivity contribution is 6.32. The van der Waals surface area contributed by atoms with Gasteiger partial charge in [0.05, 0.1) is 23.2 Å². The van der Waals surface area contributed by atoms with Crippen molar-refractivity contribution in [2.75, 3.05) is 26.0 Å². The molecule has 2 saturated carbocycles. The van der Waals surface area contributed by atoms with Gasteiger partial charge in [-0.05, 0) is 44.5 Å². The van der Waals surface area contributed by atoms with Crippen LogP contribution in [0.4, 0.5) is 5.69 Å². The van der Waals surface area contributed by atoms with E-state index in [0.29, 0.717) is 5.56 Å². The number of aliphatic hydroxyl groups is 1. The molecular weight excluding hydrogens is 476 g/mol. The van der Waals surface area contributed by atoms with Crippen molar-refractivity contribution in [3.8, 4) is 5.75 Å². The fraction of sp³-hybridized carbons (Fsp3) is 0.478. The van der Waals surface area contributed by atoms with Gasteiger partial charge in [-0.15, -0.1) is 0 Å². The summed E-state index contributed by atoms with van der Waals surface area (Å²) in [5.74, 6) is -12.2. The predicted molar refractivity (Wildman–Crippen MR) is 120 cm³/mol. The number of nitrogens with two attached hydrogens (primary N) is 1. The molecule has 4 unspecified atom stereocenters. The van der Waals surface area contributed by atoms with E-state index in [1.807, 2.05) is 0 Å². The quantitative estimate of drug-likeness (QED) is 0.144. The zero-order chi connectivity index (χ0) is 26.7. The molecule has 36 heavy (non-hydrogen) atoms. The number of carbonyl (C=O) groups is 6. The van der Waals surface area contributed by atoms with Crippen LogP contribution in [0.5, 0.6) is 5.75 Å². The van der Waals surface area contributed by atoms with Gasteiger partial charge in [-0.25, -0.2) is 0 Å². The molecule has 0 saturated heterocycles. The van der Waals surface area contributed by atoms with Gasteiger partial charge >= 0.3 is 0 Å². The number of Topliss-reactive ketones (excluding diaryl/α,β-unsaturated/α-hetero) is 4. The molecule has 7 N–H and O–H groups in total. The van der Waals surface area contributed by atoms with Crippen molar-refractivity contribution in [2.24, 2.45) is 29.4 Å². The Labute approximate surface area is 204 Å². The molecule has 0 radical (unpaired) electrons. The second-order valence-corrected chi connectivity index (χ2v) is 9.67. The molecule has 0 aromatic heterocycles. The van der Waals surface area contributed by atoms with Gasteiger partial charge in [-0.2, -0.15) is 5.48 Å². The van der Waals surface area contributed by atoms with Crippen LogP contribution in [0.2, 0.25) is 0 Å². The molecule has 2 amide bonds. The number of likely N-dealkylation sites (N-methyl/N-ethyl adjacent to an activating group) is 1. The van der Waals surface area contributed by atoms with Crippen molar-refractivity contribution in [1.29, 1.82) is 0 Å². The van der Waals surface area contributed by atoms with E-state index in [-0.39, 0.29) is 24.1 Å². The minimum absolute atomic E-state index is 0.0503. The number of aromatic hydroxyl groups is 1. The molecule has 0 bridgehead atoms. The number of phenols is 1. The lowest BCUT2D eigenvalue weighted by Gasteiger charge is -2.52. The average molecular weight is 502 g/mol. The first-order valence-electron chi connectivity index (χ1n) is 11.2. The Bertz CT molecular complexity index is 1210. The summed E-state index contributed by atoms with van der Waals surface area (Å²) in [5, 5.41) is 33.2. The molecule has 0 spiro atoms. The van der Waals surface area contributed by atoms with Crippen LogP contribution < -0.4 is 16.5 Å². The van der Waals surface area contributed by atoms with Crippen molar-refractivity contribution in [3.05, 3.63) is 23.3 Å². The summed E-state index contributed by atoms with van der Waals surface area (Å²) in [6, 6.07) is 1.70. The van der Waals surface area contributed by atoms with E-state index < -0.39 is 82.6 Å². The van der Waals surface area contributed by atoms with E-state index in [2.05, 4.69) is 5.32 Å². The third-order valence-electron chi connectivity index (χ3n) is 7.45. The van der Waals surface area contributed by atoms with E-state index in [4.69, 9.17) is 10.9 Å². The second kappa shape index (κ2) is 8.85. The number of hydroxylamine groups is 1. The van der Waals surface area contributed by atoms with Gasteiger partial charge in [-0.3, -0.25) is 33.7 Å². The zero-order valence-electron chi connectivity index (χ0n) is 19.5.